The number of phenolic OH excluding ortho intramolecular Hbond substituents is 1. The highest BCUT2D eigenvalue weighted by atomic mass is 16.3. The van der Waals surface area contributed by atoms with Crippen LogP contribution >= 0.6 is 0 Å². The number of aryl methyl sites for hydroxylation is 3. The fourth-order valence-corrected chi connectivity index (χ4v) is 1.78. The van der Waals surface area contributed by atoms with Crippen molar-refractivity contribution in [3.63, 3.8) is 0 Å². The lowest BCUT2D eigenvalue weighted by Crippen LogP contribution is -1.99. The Morgan fingerprint density at radius 1 is 1.35 bits per heavy atom. The number of nitrogens with zero attached hydrogens (tertiary/aromatic N) is 2. The first-order valence-corrected chi connectivity index (χ1v) is 5.59. The Balaban J connectivity index is 2.07. The van der Waals surface area contributed by atoms with Gasteiger partial charge in [0.15, 0.2) is 0 Å². The second-order valence-corrected chi connectivity index (χ2v) is 4.27. The van der Waals surface area contributed by atoms with Crippen molar-refractivity contribution in [1.29, 1.82) is 0 Å². The summed E-state index contributed by atoms with van der Waals surface area (Å²) in [5, 5.41) is 17.0. The van der Waals surface area contributed by atoms with Crippen molar-refractivity contribution in [2.75, 3.05) is 5.32 Å². The highest BCUT2D eigenvalue weighted by Crippen LogP contribution is 2.20. The van der Waals surface area contributed by atoms with Crippen molar-refractivity contribution in [1.82, 2.24) is 9.78 Å². The Hall–Kier alpha value is -1.97. The first-order valence-electron chi connectivity index (χ1n) is 5.59. The highest BCUT2D eigenvalue weighted by molar-refractivity contribution is 5.50. The van der Waals surface area contributed by atoms with Crippen molar-refractivity contribution in [3.05, 3.63) is 41.2 Å². The van der Waals surface area contributed by atoms with Gasteiger partial charge in [0.25, 0.3) is 0 Å². The van der Waals surface area contributed by atoms with Crippen LogP contribution in [0.1, 0.15) is 16.8 Å². The summed E-state index contributed by atoms with van der Waals surface area (Å²) in [7, 11) is 1.92. The van der Waals surface area contributed by atoms with E-state index >= 15 is 0 Å². The molecule has 1 aromatic heterocycles. The highest BCUT2D eigenvalue weighted by Gasteiger charge is 2.03. The Morgan fingerprint density at radius 2 is 2.12 bits per heavy atom. The molecule has 2 aromatic rings. The van der Waals surface area contributed by atoms with Gasteiger partial charge in [-0.25, -0.2) is 0 Å². The predicted molar refractivity (Wildman–Crippen MR) is 68.1 cm³/mol. The van der Waals surface area contributed by atoms with Crippen LogP contribution in [0, 0.1) is 13.8 Å². The molecule has 0 spiro atoms. The maximum Gasteiger partial charge on any atom is 0.118 e. The van der Waals surface area contributed by atoms with E-state index in [1.54, 1.807) is 6.07 Å². The molecule has 4 heteroatoms. The van der Waals surface area contributed by atoms with Gasteiger partial charge in [0.05, 0.1) is 5.69 Å². The molecule has 0 aliphatic rings. The smallest absolute Gasteiger partial charge is 0.118 e. The molecule has 0 aliphatic carbocycles. The van der Waals surface area contributed by atoms with Gasteiger partial charge in [-0.05, 0) is 37.6 Å². The predicted octanol–water partition coefficient (Wildman–Crippen LogP) is 2.35. The lowest BCUT2D eigenvalue weighted by molar-refractivity contribution is 0.471. The minimum absolute atomic E-state index is 0.327. The summed E-state index contributed by atoms with van der Waals surface area (Å²) in [4.78, 5) is 0. The fourth-order valence-electron chi connectivity index (χ4n) is 1.78. The van der Waals surface area contributed by atoms with Gasteiger partial charge < -0.3 is 10.4 Å². The summed E-state index contributed by atoms with van der Waals surface area (Å²) in [6.45, 7) is 4.62. The number of phenols is 1. The zero-order valence-electron chi connectivity index (χ0n) is 10.4. The number of aromatic hydroxyl groups is 1. The summed E-state index contributed by atoms with van der Waals surface area (Å²) in [5.74, 6) is 0.327. The van der Waals surface area contributed by atoms with Gasteiger partial charge in [0.1, 0.15) is 5.75 Å². The zero-order chi connectivity index (χ0) is 12.4. The molecule has 90 valence electrons. The molecule has 1 aromatic carbocycles. The Morgan fingerprint density at radius 3 is 2.71 bits per heavy atom. The third kappa shape index (κ3) is 2.58. The molecule has 0 bridgehead atoms. The van der Waals surface area contributed by atoms with Crippen molar-refractivity contribution >= 4 is 5.69 Å². The third-order valence-corrected chi connectivity index (χ3v) is 2.79. The third-order valence-electron chi connectivity index (χ3n) is 2.79. The summed E-state index contributed by atoms with van der Waals surface area (Å²) in [5.41, 5.74) is 4.09. The molecule has 0 fully saturated rings. The standard InChI is InChI=1S/C13H17N3O/c1-9-6-12(4-5-13(9)17)14-7-11-8-16(3)15-10(11)2/h4-6,8,14,17H,7H2,1-3H3. The van der Waals surface area contributed by atoms with E-state index < -0.39 is 0 Å². The lowest BCUT2D eigenvalue weighted by atomic mass is 10.2. The summed E-state index contributed by atoms with van der Waals surface area (Å²) in [6.07, 6.45) is 2.01. The van der Waals surface area contributed by atoms with Crippen LogP contribution < -0.4 is 5.32 Å². The molecular weight excluding hydrogens is 214 g/mol. The number of hydrogen-bond donors (Lipinski definition) is 2. The molecule has 0 radical (unpaired) electrons. The van der Waals surface area contributed by atoms with Crippen LogP contribution in [0.2, 0.25) is 0 Å². The second kappa shape index (κ2) is 4.49. The molecule has 0 saturated heterocycles. The van der Waals surface area contributed by atoms with Crippen LogP contribution in [-0.2, 0) is 13.6 Å². The minimum Gasteiger partial charge on any atom is -0.508 e. The van der Waals surface area contributed by atoms with Crippen LogP contribution in [0.3, 0.4) is 0 Å². The molecule has 2 N–H and O–H groups in total. The van der Waals surface area contributed by atoms with Gasteiger partial charge in [-0.15, -0.1) is 0 Å². The van der Waals surface area contributed by atoms with Crippen molar-refractivity contribution in [3.8, 4) is 5.75 Å². The van der Waals surface area contributed by atoms with Gasteiger partial charge in [-0.2, -0.15) is 5.10 Å². The van der Waals surface area contributed by atoms with Crippen LogP contribution in [0.4, 0.5) is 5.69 Å². The normalized spacial score (nSPS) is 10.5. The van der Waals surface area contributed by atoms with Crippen molar-refractivity contribution in [2.24, 2.45) is 7.05 Å². The average molecular weight is 231 g/mol. The van der Waals surface area contributed by atoms with Crippen molar-refractivity contribution in [2.45, 2.75) is 20.4 Å². The number of rotatable bonds is 3. The first kappa shape index (κ1) is 11.5. The summed E-state index contributed by atoms with van der Waals surface area (Å²) < 4.78 is 1.81. The number of benzene rings is 1. The molecule has 0 atom stereocenters. The van der Waals surface area contributed by atoms with E-state index in [4.69, 9.17) is 0 Å². The molecular formula is C13H17N3O. The van der Waals surface area contributed by atoms with Crippen LogP contribution in [-0.4, -0.2) is 14.9 Å². The largest absolute Gasteiger partial charge is 0.508 e. The van der Waals surface area contributed by atoms with E-state index in [0.717, 1.165) is 23.5 Å². The molecule has 0 aliphatic heterocycles. The topological polar surface area (TPSA) is 50.1 Å². The molecule has 0 saturated carbocycles. The van der Waals surface area contributed by atoms with Crippen molar-refractivity contribution < 1.29 is 5.11 Å². The van der Waals surface area contributed by atoms with Gasteiger partial charge in [-0.1, -0.05) is 0 Å². The van der Waals surface area contributed by atoms with Gasteiger partial charge >= 0.3 is 0 Å². The second-order valence-electron chi connectivity index (χ2n) is 4.27. The maximum atomic E-state index is 9.44. The number of anilines is 1. The number of hydrogen-bond acceptors (Lipinski definition) is 3. The van der Waals surface area contributed by atoms with E-state index in [1.165, 1.54) is 5.56 Å². The minimum atomic E-state index is 0.327. The molecule has 0 amide bonds. The monoisotopic (exact) mass is 231 g/mol. The Labute approximate surface area is 101 Å². The molecule has 0 unspecified atom stereocenters. The van der Waals surface area contributed by atoms with E-state index in [9.17, 15) is 5.11 Å². The fraction of sp³-hybridized carbons (Fsp3) is 0.308. The van der Waals surface area contributed by atoms with Gasteiger partial charge in [0, 0.05) is 31.0 Å². The van der Waals surface area contributed by atoms with E-state index in [0.29, 0.717) is 5.75 Å². The molecule has 1 heterocycles. The Kier molecular flexibility index (Phi) is 3.04. The van der Waals surface area contributed by atoms with Crippen LogP contribution in [0.25, 0.3) is 0 Å². The summed E-state index contributed by atoms with van der Waals surface area (Å²) in [6, 6.07) is 5.50. The Bertz CT molecular complexity index is 531. The van der Waals surface area contributed by atoms with Crippen LogP contribution in [0.5, 0.6) is 5.75 Å². The summed E-state index contributed by atoms with van der Waals surface area (Å²) >= 11 is 0. The number of aromatic nitrogens is 2. The van der Waals surface area contributed by atoms with Gasteiger partial charge in [-0.3, -0.25) is 4.68 Å². The van der Waals surface area contributed by atoms with Gasteiger partial charge in [0.2, 0.25) is 0 Å². The molecule has 4 nitrogen and oxygen atoms in total. The SMILES string of the molecule is Cc1cc(NCc2cn(C)nc2C)ccc1O. The average Bonchev–Trinajstić information content (AvgIpc) is 2.59. The van der Waals surface area contributed by atoms with E-state index in [2.05, 4.69) is 10.4 Å². The maximum absolute atomic E-state index is 9.44. The van der Waals surface area contributed by atoms with E-state index in [-0.39, 0.29) is 0 Å². The zero-order valence-corrected chi connectivity index (χ0v) is 10.4. The van der Waals surface area contributed by atoms with E-state index in [1.807, 2.05) is 43.9 Å². The quantitative estimate of drug-likeness (QED) is 0.797. The molecule has 17 heavy (non-hydrogen) atoms. The lowest BCUT2D eigenvalue weighted by Gasteiger charge is -2.07. The molecule has 2 rings (SSSR count). The number of nitrogens with one attached hydrogen (secondary N) is 1. The van der Waals surface area contributed by atoms with Crippen LogP contribution in [0.15, 0.2) is 24.4 Å². The first-order chi connectivity index (χ1) is 8.06.